The number of anilines is 2. The Bertz CT molecular complexity index is 854. The Morgan fingerprint density at radius 2 is 1.90 bits per heavy atom. The van der Waals surface area contributed by atoms with E-state index in [2.05, 4.69) is 15.6 Å². The number of nitrogens with one attached hydrogen (secondary N) is 2. The molecule has 0 saturated heterocycles. The van der Waals surface area contributed by atoms with Gasteiger partial charge in [0.15, 0.2) is 0 Å². The molecule has 2 rings (SSSR count). The molecule has 0 aliphatic carbocycles. The summed E-state index contributed by atoms with van der Waals surface area (Å²) in [6.45, 7) is 2.27. The molecule has 0 bridgehead atoms. The fourth-order valence-electron chi connectivity index (χ4n) is 2.71. The molecule has 0 radical (unpaired) electrons. The smallest absolute Gasteiger partial charge is 0.340 e. The molecular weight excluding hydrogens is 372 g/mol. The Kier molecular flexibility index (Phi) is 8.78. The molecule has 2 amide bonds. The summed E-state index contributed by atoms with van der Waals surface area (Å²) < 4.78 is 4.99. The first kappa shape index (κ1) is 22.0. The molecular formula is C21H26N4O4. The first-order chi connectivity index (χ1) is 14.0. The summed E-state index contributed by atoms with van der Waals surface area (Å²) in [7, 11) is 0. The van der Waals surface area contributed by atoms with Gasteiger partial charge in [0.2, 0.25) is 11.8 Å². The number of carbonyl (C=O) groups excluding carboxylic acids is 3. The van der Waals surface area contributed by atoms with E-state index in [4.69, 9.17) is 10.5 Å². The number of aryl methyl sites for hydroxylation is 1. The van der Waals surface area contributed by atoms with Crippen LogP contribution in [-0.2, 0) is 20.7 Å². The van der Waals surface area contributed by atoms with Gasteiger partial charge in [-0.25, -0.2) is 4.79 Å². The van der Waals surface area contributed by atoms with Gasteiger partial charge in [0.1, 0.15) is 0 Å². The summed E-state index contributed by atoms with van der Waals surface area (Å²) >= 11 is 0. The maximum absolute atomic E-state index is 12.3. The summed E-state index contributed by atoms with van der Waals surface area (Å²) in [5.41, 5.74) is 7.70. The molecule has 154 valence electrons. The summed E-state index contributed by atoms with van der Waals surface area (Å²) in [5, 5.41) is 5.51. The Labute approximate surface area is 169 Å². The molecule has 29 heavy (non-hydrogen) atoms. The molecule has 8 heteroatoms. The van der Waals surface area contributed by atoms with Gasteiger partial charge in [-0.05, 0) is 43.5 Å². The lowest BCUT2D eigenvalue weighted by Gasteiger charge is -2.10. The van der Waals surface area contributed by atoms with Crippen LogP contribution in [-0.4, -0.2) is 35.9 Å². The Balaban J connectivity index is 1.86. The normalized spacial score (nSPS) is 10.3. The number of carbonyl (C=O) groups is 3. The quantitative estimate of drug-likeness (QED) is 0.528. The number of hydrogen-bond donors (Lipinski definition) is 3. The van der Waals surface area contributed by atoms with Gasteiger partial charge in [0, 0.05) is 31.3 Å². The molecule has 0 spiro atoms. The lowest BCUT2D eigenvalue weighted by Crippen LogP contribution is -2.16. The van der Waals surface area contributed by atoms with E-state index >= 15 is 0 Å². The van der Waals surface area contributed by atoms with Crippen molar-refractivity contribution < 1.29 is 19.1 Å². The molecule has 1 aromatic heterocycles. The van der Waals surface area contributed by atoms with Crippen LogP contribution in [0.3, 0.4) is 0 Å². The van der Waals surface area contributed by atoms with E-state index < -0.39 is 5.97 Å². The highest BCUT2D eigenvalue weighted by Crippen LogP contribution is 2.17. The molecule has 2 aromatic rings. The van der Waals surface area contributed by atoms with Crippen molar-refractivity contribution in [1.29, 1.82) is 0 Å². The first-order valence-corrected chi connectivity index (χ1v) is 9.53. The number of benzene rings is 1. The third-order valence-electron chi connectivity index (χ3n) is 4.04. The van der Waals surface area contributed by atoms with E-state index in [1.165, 1.54) is 18.5 Å². The number of hydrogen-bond acceptors (Lipinski definition) is 6. The molecule has 0 aliphatic rings. The van der Waals surface area contributed by atoms with Crippen LogP contribution in [0.1, 0.15) is 42.1 Å². The summed E-state index contributed by atoms with van der Waals surface area (Å²) in [6, 6.07) is 9.00. The van der Waals surface area contributed by atoms with Crippen molar-refractivity contribution in [3.63, 3.8) is 0 Å². The maximum atomic E-state index is 12.3. The number of ether oxygens (including phenoxy) is 1. The molecule has 0 fully saturated rings. The van der Waals surface area contributed by atoms with E-state index in [-0.39, 0.29) is 36.8 Å². The molecule has 8 nitrogen and oxygen atoms in total. The van der Waals surface area contributed by atoms with Crippen molar-refractivity contribution in [3.05, 3.63) is 53.9 Å². The second-order valence-corrected chi connectivity index (χ2v) is 6.33. The summed E-state index contributed by atoms with van der Waals surface area (Å²) in [6.07, 6.45) is 4.74. The number of pyridine rings is 1. The Morgan fingerprint density at radius 1 is 1.10 bits per heavy atom. The average molecular weight is 398 g/mol. The fraction of sp³-hybridized carbons (Fsp3) is 0.333. The highest BCUT2D eigenvalue weighted by Gasteiger charge is 2.14. The van der Waals surface area contributed by atoms with Crippen molar-refractivity contribution in [2.45, 2.75) is 32.6 Å². The second-order valence-electron chi connectivity index (χ2n) is 6.33. The van der Waals surface area contributed by atoms with E-state index in [9.17, 15) is 14.4 Å². The number of nitrogens with two attached hydrogens (primary N) is 1. The minimum absolute atomic E-state index is 0.127. The van der Waals surface area contributed by atoms with E-state index in [0.717, 1.165) is 5.56 Å². The van der Waals surface area contributed by atoms with Crippen LogP contribution in [0.4, 0.5) is 11.4 Å². The predicted molar refractivity (Wildman–Crippen MR) is 111 cm³/mol. The number of esters is 1. The zero-order chi connectivity index (χ0) is 21.1. The number of amides is 2. The third-order valence-corrected chi connectivity index (χ3v) is 4.04. The van der Waals surface area contributed by atoms with Crippen LogP contribution >= 0.6 is 0 Å². The molecule has 0 saturated carbocycles. The topological polar surface area (TPSA) is 123 Å². The zero-order valence-corrected chi connectivity index (χ0v) is 16.4. The first-order valence-electron chi connectivity index (χ1n) is 9.53. The number of nitrogens with zero attached hydrogens (tertiary/aromatic N) is 1. The molecule has 0 aliphatic heterocycles. The average Bonchev–Trinajstić information content (AvgIpc) is 2.69. The SMILES string of the molecule is CCOC(=O)c1ccncc1NC(=O)CCCc1cccc(NC(=O)CCN)c1. The van der Waals surface area contributed by atoms with E-state index in [0.29, 0.717) is 30.8 Å². The zero-order valence-electron chi connectivity index (χ0n) is 16.4. The van der Waals surface area contributed by atoms with Crippen molar-refractivity contribution in [2.75, 3.05) is 23.8 Å². The van der Waals surface area contributed by atoms with Crippen molar-refractivity contribution >= 4 is 29.2 Å². The lowest BCUT2D eigenvalue weighted by atomic mass is 10.1. The van der Waals surface area contributed by atoms with Crippen molar-refractivity contribution in [2.24, 2.45) is 5.73 Å². The van der Waals surface area contributed by atoms with Gasteiger partial charge in [-0.15, -0.1) is 0 Å². The van der Waals surface area contributed by atoms with Crippen LogP contribution in [0.5, 0.6) is 0 Å². The van der Waals surface area contributed by atoms with Gasteiger partial charge in [-0.3, -0.25) is 14.6 Å². The molecule has 0 atom stereocenters. The van der Waals surface area contributed by atoms with Gasteiger partial charge in [0.25, 0.3) is 0 Å². The maximum Gasteiger partial charge on any atom is 0.340 e. The molecule has 4 N–H and O–H groups in total. The molecule has 1 heterocycles. The van der Waals surface area contributed by atoms with Gasteiger partial charge < -0.3 is 21.1 Å². The van der Waals surface area contributed by atoms with Gasteiger partial charge in [-0.1, -0.05) is 12.1 Å². The highest BCUT2D eigenvalue weighted by atomic mass is 16.5. The summed E-state index contributed by atoms with van der Waals surface area (Å²) in [4.78, 5) is 39.8. The van der Waals surface area contributed by atoms with Crippen LogP contribution < -0.4 is 16.4 Å². The van der Waals surface area contributed by atoms with E-state index in [1.54, 1.807) is 6.92 Å². The number of rotatable bonds is 10. The number of aromatic nitrogens is 1. The predicted octanol–water partition coefficient (Wildman–Crippen LogP) is 2.51. The minimum Gasteiger partial charge on any atom is -0.462 e. The van der Waals surface area contributed by atoms with Gasteiger partial charge in [-0.2, -0.15) is 0 Å². The summed E-state index contributed by atoms with van der Waals surface area (Å²) in [5.74, 6) is -0.840. The van der Waals surface area contributed by atoms with Gasteiger partial charge >= 0.3 is 5.97 Å². The van der Waals surface area contributed by atoms with Crippen LogP contribution in [0.15, 0.2) is 42.7 Å². The largest absolute Gasteiger partial charge is 0.462 e. The van der Waals surface area contributed by atoms with Crippen molar-refractivity contribution in [1.82, 2.24) is 4.98 Å². The Hall–Kier alpha value is -3.26. The van der Waals surface area contributed by atoms with Crippen molar-refractivity contribution in [3.8, 4) is 0 Å². The lowest BCUT2D eigenvalue weighted by molar-refractivity contribution is -0.117. The van der Waals surface area contributed by atoms with Crippen LogP contribution in [0.25, 0.3) is 0 Å². The molecule has 1 aromatic carbocycles. The monoisotopic (exact) mass is 398 g/mol. The van der Waals surface area contributed by atoms with Crippen LogP contribution in [0.2, 0.25) is 0 Å². The third kappa shape index (κ3) is 7.34. The Morgan fingerprint density at radius 3 is 2.66 bits per heavy atom. The van der Waals surface area contributed by atoms with Gasteiger partial charge in [0.05, 0.1) is 24.1 Å². The second kappa shape index (κ2) is 11.6. The minimum atomic E-state index is -0.501. The fourth-order valence-corrected chi connectivity index (χ4v) is 2.71. The van der Waals surface area contributed by atoms with Crippen LogP contribution in [0, 0.1) is 0 Å². The van der Waals surface area contributed by atoms with E-state index in [1.807, 2.05) is 24.3 Å². The highest BCUT2D eigenvalue weighted by molar-refractivity contribution is 6.01. The molecule has 0 unspecified atom stereocenters. The standard InChI is InChI=1S/C21H26N4O4/c1-2-29-21(28)17-10-12-23-14-18(17)25-19(26)8-4-6-15-5-3-7-16(13-15)24-20(27)9-11-22/h3,5,7,10,12-14H,2,4,6,8-9,11,22H2,1H3,(H,24,27)(H,25,26).